The third-order valence-electron chi connectivity index (χ3n) is 5.89. The largest absolute Gasteiger partial charge is 0.349 e. The van der Waals surface area contributed by atoms with Crippen LogP contribution in [0.25, 0.3) is 0 Å². The Hall–Kier alpha value is -0.570. The lowest BCUT2D eigenvalue weighted by Gasteiger charge is -2.41. The van der Waals surface area contributed by atoms with Crippen molar-refractivity contribution in [3.63, 3.8) is 0 Å². The highest BCUT2D eigenvalue weighted by atomic mass is 16.2. The van der Waals surface area contributed by atoms with Gasteiger partial charge in [-0.3, -0.25) is 4.79 Å². The summed E-state index contributed by atoms with van der Waals surface area (Å²) in [5.74, 6) is 1.06. The number of nitrogens with one attached hydrogen (secondary N) is 2. The molecule has 1 saturated carbocycles. The lowest BCUT2D eigenvalue weighted by atomic mass is 9.77. The van der Waals surface area contributed by atoms with Crippen molar-refractivity contribution in [2.45, 2.75) is 96.2 Å². The van der Waals surface area contributed by atoms with Crippen molar-refractivity contribution in [3.8, 4) is 0 Å². The van der Waals surface area contributed by atoms with Crippen LogP contribution in [-0.2, 0) is 4.79 Å². The molecule has 2 fully saturated rings. The Morgan fingerprint density at radius 2 is 1.70 bits per heavy atom. The molecule has 3 heteroatoms. The first-order valence-electron chi connectivity index (χ1n) is 8.72. The number of carbonyl (C=O) groups is 1. The second-order valence-corrected chi connectivity index (χ2v) is 6.78. The minimum absolute atomic E-state index is 0.00216. The van der Waals surface area contributed by atoms with Crippen LogP contribution in [0, 0.1) is 5.92 Å². The number of hydrogen-bond donors (Lipinski definition) is 2. The van der Waals surface area contributed by atoms with E-state index in [1.165, 1.54) is 32.1 Å². The van der Waals surface area contributed by atoms with Gasteiger partial charge in [0, 0.05) is 11.6 Å². The predicted octanol–water partition coefficient (Wildman–Crippen LogP) is 3.38. The smallest absolute Gasteiger partial charge is 0.237 e. The summed E-state index contributed by atoms with van der Waals surface area (Å²) in [6, 6.07) is 0.630. The second kappa shape index (κ2) is 6.93. The van der Waals surface area contributed by atoms with E-state index in [-0.39, 0.29) is 17.5 Å². The Bertz CT molecular complexity index is 317. The molecule has 20 heavy (non-hydrogen) atoms. The van der Waals surface area contributed by atoms with Gasteiger partial charge in [-0.05, 0) is 50.9 Å². The summed E-state index contributed by atoms with van der Waals surface area (Å²) in [7, 11) is 0. The maximum Gasteiger partial charge on any atom is 0.237 e. The summed E-state index contributed by atoms with van der Waals surface area (Å²) in [6.45, 7) is 6.54. The first-order valence-corrected chi connectivity index (χ1v) is 8.72. The molecule has 2 rings (SSSR count). The lowest BCUT2D eigenvalue weighted by molar-refractivity contribution is -0.126. The summed E-state index contributed by atoms with van der Waals surface area (Å²) in [6.07, 6.45) is 10.6. The fourth-order valence-electron chi connectivity index (χ4n) is 4.07. The van der Waals surface area contributed by atoms with Crippen molar-refractivity contribution in [1.82, 2.24) is 10.6 Å². The van der Waals surface area contributed by atoms with Gasteiger partial charge in [-0.15, -0.1) is 0 Å². The zero-order chi connectivity index (χ0) is 14.6. The van der Waals surface area contributed by atoms with Crippen LogP contribution >= 0.6 is 0 Å². The number of hydrogen-bond acceptors (Lipinski definition) is 2. The van der Waals surface area contributed by atoms with E-state index in [4.69, 9.17) is 0 Å². The molecule has 3 unspecified atom stereocenters. The van der Waals surface area contributed by atoms with E-state index in [1.54, 1.807) is 0 Å². The Morgan fingerprint density at radius 3 is 2.35 bits per heavy atom. The Balaban J connectivity index is 1.92. The standard InChI is InChI=1S/C17H32N2O/c1-4-17(5-2,6-3)19-16(20)15-12-11-13-9-7-8-10-14(13)18-15/h13-15,18H,4-12H2,1-3H3,(H,19,20). The van der Waals surface area contributed by atoms with Gasteiger partial charge in [0.25, 0.3) is 0 Å². The van der Waals surface area contributed by atoms with Crippen molar-refractivity contribution in [1.29, 1.82) is 0 Å². The minimum atomic E-state index is 0.00216. The van der Waals surface area contributed by atoms with Gasteiger partial charge in [0.2, 0.25) is 5.91 Å². The van der Waals surface area contributed by atoms with E-state index >= 15 is 0 Å². The average Bonchev–Trinajstić information content (AvgIpc) is 2.52. The highest BCUT2D eigenvalue weighted by Crippen LogP contribution is 2.32. The summed E-state index contributed by atoms with van der Waals surface area (Å²) in [4.78, 5) is 12.6. The zero-order valence-corrected chi connectivity index (χ0v) is 13.5. The predicted molar refractivity (Wildman–Crippen MR) is 83.7 cm³/mol. The van der Waals surface area contributed by atoms with Crippen molar-refractivity contribution in [2.75, 3.05) is 0 Å². The summed E-state index contributed by atoms with van der Waals surface area (Å²) in [5.41, 5.74) is 0.00216. The van der Waals surface area contributed by atoms with E-state index in [2.05, 4.69) is 31.4 Å². The number of rotatable bonds is 5. The SMILES string of the molecule is CCC(CC)(CC)NC(=O)C1CCC2CCCCC2N1. The fourth-order valence-corrected chi connectivity index (χ4v) is 4.07. The van der Waals surface area contributed by atoms with Gasteiger partial charge in [0.1, 0.15) is 0 Å². The van der Waals surface area contributed by atoms with Gasteiger partial charge in [-0.2, -0.15) is 0 Å². The molecule has 0 bridgehead atoms. The van der Waals surface area contributed by atoms with Gasteiger partial charge >= 0.3 is 0 Å². The zero-order valence-electron chi connectivity index (χ0n) is 13.5. The van der Waals surface area contributed by atoms with Gasteiger partial charge in [-0.1, -0.05) is 33.6 Å². The van der Waals surface area contributed by atoms with Crippen LogP contribution in [0.5, 0.6) is 0 Å². The van der Waals surface area contributed by atoms with E-state index in [0.717, 1.165) is 31.6 Å². The molecule has 1 saturated heterocycles. The molecule has 0 radical (unpaired) electrons. The Kier molecular flexibility index (Phi) is 5.48. The van der Waals surface area contributed by atoms with E-state index < -0.39 is 0 Å². The molecule has 0 aromatic heterocycles. The molecular formula is C17H32N2O. The second-order valence-electron chi connectivity index (χ2n) is 6.78. The van der Waals surface area contributed by atoms with Crippen molar-refractivity contribution < 1.29 is 4.79 Å². The maximum absolute atomic E-state index is 12.6. The van der Waals surface area contributed by atoms with Gasteiger partial charge in [0.15, 0.2) is 0 Å². The molecule has 1 heterocycles. The molecule has 3 nitrogen and oxygen atoms in total. The van der Waals surface area contributed by atoms with Crippen LogP contribution in [0.1, 0.15) is 78.6 Å². The first-order chi connectivity index (χ1) is 9.64. The van der Waals surface area contributed by atoms with Crippen LogP contribution in [-0.4, -0.2) is 23.5 Å². The molecule has 0 spiro atoms. The topological polar surface area (TPSA) is 41.1 Å². The monoisotopic (exact) mass is 280 g/mol. The molecule has 116 valence electrons. The molecule has 1 aliphatic carbocycles. The first kappa shape index (κ1) is 15.8. The van der Waals surface area contributed by atoms with Crippen LogP contribution in [0.3, 0.4) is 0 Å². The molecular weight excluding hydrogens is 248 g/mol. The third kappa shape index (κ3) is 3.36. The summed E-state index contributed by atoms with van der Waals surface area (Å²) in [5, 5.41) is 6.98. The maximum atomic E-state index is 12.6. The van der Waals surface area contributed by atoms with E-state index in [9.17, 15) is 4.79 Å². The molecule has 1 amide bonds. The molecule has 2 aliphatic rings. The average molecular weight is 280 g/mol. The number of fused-ring (bicyclic) bond motifs is 1. The molecule has 0 aromatic carbocycles. The van der Waals surface area contributed by atoms with Crippen LogP contribution in [0.15, 0.2) is 0 Å². The van der Waals surface area contributed by atoms with Crippen molar-refractivity contribution >= 4 is 5.91 Å². The van der Waals surface area contributed by atoms with Crippen LogP contribution in [0.4, 0.5) is 0 Å². The van der Waals surface area contributed by atoms with Crippen molar-refractivity contribution in [2.24, 2.45) is 5.92 Å². The number of carbonyl (C=O) groups excluding carboxylic acids is 1. The number of amides is 1. The van der Waals surface area contributed by atoms with Crippen LogP contribution in [0.2, 0.25) is 0 Å². The highest BCUT2D eigenvalue weighted by Gasteiger charge is 2.36. The summed E-state index contributed by atoms with van der Waals surface area (Å²) < 4.78 is 0. The van der Waals surface area contributed by atoms with Gasteiger partial charge in [-0.25, -0.2) is 0 Å². The molecule has 3 atom stereocenters. The fraction of sp³-hybridized carbons (Fsp3) is 0.941. The lowest BCUT2D eigenvalue weighted by Crippen LogP contribution is -2.59. The minimum Gasteiger partial charge on any atom is -0.349 e. The van der Waals surface area contributed by atoms with E-state index in [0.29, 0.717) is 6.04 Å². The molecule has 1 aliphatic heterocycles. The van der Waals surface area contributed by atoms with Gasteiger partial charge in [0.05, 0.1) is 6.04 Å². The molecule has 0 aromatic rings. The van der Waals surface area contributed by atoms with Crippen LogP contribution < -0.4 is 10.6 Å². The normalized spacial score (nSPS) is 30.6. The Morgan fingerprint density at radius 1 is 1.05 bits per heavy atom. The summed E-state index contributed by atoms with van der Waals surface area (Å²) >= 11 is 0. The van der Waals surface area contributed by atoms with Gasteiger partial charge < -0.3 is 10.6 Å². The third-order valence-corrected chi connectivity index (χ3v) is 5.89. The van der Waals surface area contributed by atoms with E-state index in [1.807, 2.05) is 0 Å². The Labute approximate surface area is 124 Å². The highest BCUT2D eigenvalue weighted by molar-refractivity contribution is 5.82. The number of piperidine rings is 1. The molecule has 2 N–H and O–H groups in total. The van der Waals surface area contributed by atoms with Crippen molar-refractivity contribution in [3.05, 3.63) is 0 Å². The quantitative estimate of drug-likeness (QED) is 0.810.